The number of benzene rings is 1. The molecule has 0 saturated heterocycles. The zero-order valence-corrected chi connectivity index (χ0v) is 15.9. The number of hydrogen-bond acceptors (Lipinski definition) is 3. The fraction of sp³-hybridized carbons (Fsp3) is 0.579. The highest BCUT2D eigenvalue weighted by atomic mass is 19.2. The Morgan fingerprint density at radius 2 is 1.74 bits per heavy atom. The highest BCUT2D eigenvalue weighted by molar-refractivity contribution is 5.93. The van der Waals surface area contributed by atoms with Gasteiger partial charge >= 0.3 is 0 Å². The standard InChI is InChI=1S/C19H26F3N3O2/c1-12(19(27)25(3)13-7-5-4-6-8-13)24(2)11-16(26)23-15-10-9-14(20)17(21)18(15)22/h9-10,12-13H,4-8,11H2,1-3H3,(H,23,26)/t12-/m1/s1. The molecule has 1 aromatic carbocycles. The molecule has 5 nitrogen and oxygen atoms in total. The Labute approximate surface area is 157 Å². The van der Waals surface area contributed by atoms with Gasteiger partial charge in [0.1, 0.15) is 0 Å². The number of rotatable bonds is 6. The molecule has 150 valence electrons. The zero-order chi connectivity index (χ0) is 20.1. The van der Waals surface area contributed by atoms with E-state index < -0.39 is 35.1 Å². The summed E-state index contributed by atoms with van der Waals surface area (Å²) in [7, 11) is 3.39. The number of nitrogens with one attached hydrogen (secondary N) is 1. The molecule has 1 aromatic rings. The molecular formula is C19H26F3N3O2. The molecule has 2 rings (SSSR count). The van der Waals surface area contributed by atoms with Crippen LogP contribution in [0.15, 0.2) is 12.1 Å². The van der Waals surface area contributed by atoms with Crippen molar-refractivity contribution in [1.29, 1.82) is 0 Å². The second-order valence-corrected chi connectivity index (χ2v) is 7.10. The van der Waals surface area contributed by atoms with Gasteiger partial charge in [-0.15, -0.1) is 0 Å². The number of carbonyl (C=O) groups is 2. The van der Waals surface area contributed by atoms with Crippen LogP contribution in [0.5, 0.6) is 0 Å². The van der Waals surface area contributed by atoms with Crippen LogP contribution < -0.4 is 5.32 Å². The number of halogens is 3. The van der Waals surface area contributed by atoms with Crippen molar-refractivity contribution in [3.63, 3.8) is 0 Å². The molecule has 0 unspecified atom stereocenters. The van der Waals surface area contributed by atoms with E-state index in [2.05, 4.69) is 5.32 Å². The number of amides is 2. The summed E-state index contributed by atoms with van der Waals surface area (Å²) in [5.41, 5.74) is -0.439. The lowest BCUT2D eigenvalue weighted by molar-refractivity contribution is -0.137. The van der Waals surface area contributed by atoms with Crippen LogP contribution in [0.2, 0.25) is 0 Å². The minimum absolute atomic E-state index is 0.0868. The summed E-state index contributed by atoms with van der Waals surface area (Å²) in [5, 5.41) is 2.21. The fourth-order valence-corrected chi connectivity index (χ4v) is 3.31. The molecule has 1 aliphatic rings. The van der Waals surface area contributed by atoms with Crippen molar-refractivity contribution in [2.24, 2.45) is 0 Å². The molecule has 0 spiro atoms. The summed E-state index contributed by atoms with van der Waals surface area (Å²) in [6, 6.07) is 1.37. The van der Waals surface area contributed by atoms with E-state index in [4.69, 9.17) is 0 Å². The summed E-state index contributed by atoms with van der Waals surface area (Å²) in [6.45, 7) is 1.51. The highest BCUT2D eigenvalue weighted by Crippen LogP contribution is 2.23. The molecule has 8 heteroatoms. The Kier molecular flexibility index (Phi) is 7.24. The van der Waals surface area contributed by atoms with E-state index in [1.54, 1.807) is 25.9 Å². The van der Waals surface area contributed by atoms with Gasteiger partial charge in [-0.2, -0.15) is 0 Å². The lowest BCUT2D eigenvalue weighted by atomic mass is 9.94. The first-order valence-electron chi connectivity index (χ1n) is 9.12. The summed E-state index contributed by atoms with van der Waals surface area (Å²) in [4.78, 5) is 28.1. The van der Waals surface area contributed by atoms with Crippen LogP contribution in [0.4, 0.5) is 18.9 Å². The summed E-state index contributed by atoms with van der Waals surface area (Å²) < 4.78 is 39.8. The van der Waals surface area contributed by atoms with E-state index in [1.165, 1.54) is 11.3 Å². The maximum atomic E-state index is 13.7. The van der Waals surface area contributed by atoms with Crippen molar-refractivity contribution in [2.75, 3.05) is 26.0 Å². The molecular weight excluding hydrogens is 359 g/mol. The van der Waals surface area contributed by atoms with E-state index in [-0.39, 0.29) is 18.5 Å². The van der Waals surface area contributed by atoms with Crippen LogP contribution in [0.1, 0.15) is 39.0 Å². The Balaban J connectivity index is 1.93. The number of likely N-dealkylation sites (N-methyl/N-ethyl adjacent to an activating group) is 2. The molecule has 27 heavy (non-hydrogen) atoms. The molecule has 1 saturated carbocycles. The van der Waals surface area contributed by atoms with Gasteiger partial charge in [0, 0.05) is 13.1 Å². The van der Waals surface area contributed by atoms with E-state index >= 15 is 0 Å². The molecule has 1 N–H and O–H groups in total. The lowest BCUT2D eigenvalue weighted by Gasteiger charge is -2.35. The summed E-state index contributed by atoms with van der Waals surface area (Å²) >= 11 is 0. The Morgan fingerprint density at radius 3 is 2.37 bits per heavy atom. The van der Waals surface area contributed by atoms with E-state index in [0.29, 0.717) is 0 Å². The number of anilines is 1. The number of nitrogens with zero attached hydrogens (tertiary/aromatic N) is 2. The summed E-state index contributed by atoms with van der Waals surface area (Å²) in [6.07, 6.45) is 5.36. The van der Waals surface area contributed by atoms with E-state index in [9.17, 15) is 22.8 Å². The first-order chi connectivity index (χ1) is 12.7. The second-order valence-electron chi connectivity index (χ2n) is 7.10. The third-order valence-electron chi connectivity index (χ3n) is 5.19. The molecule has 1 fully saturated rings. The quantitative estimate of drug-likeness (QED) is 0.766. The van der Waals surface area contributed by atoms with Crippen LogP contribution in [-0.4, -0.2) is 54.3 Å². The molecule has 0 aromatic heterocycles. The average Bonchev–Trinajstić information content (AvgIpc) is 2.67. The monoisotopic (exact) mass is 385 g/mol. The minimum Gasteiger partial charge on any atom is -0.341 e. The number of hydrogen-bond donors (Lipinski definition) is 1. The molecule has 0 radical (unpaired) electrons. The van der Waals surface area contributed by atoms with Crippen LogP contribution in [0.25, 0.3) is 0 Å². The first-order valence-corrected chi connectivity index (χ1v) is 9.12. The van der Waals surface area contributed by atoms with Gasteiger partial charge in [-0.1, -0.05) is 19.3 Å². The second kappa shape index (κ2) is 9.21. The van der Waals surface area contributed by atoms with Gasteiger partial charge in [0.25, 0.3) is 0 Å². The van der Waals surface area contributed by atoms with Crippen molar-refractivity contribution in [2.45, 2.75) is 51.1 Å². The largest absolute Gasteiger partial charge is 0.341 e. The van der Waals surface area contributed by atoms with Crippen molar-refractivity contribution in [3.05, 3.63) is 29.6 Å². The van der Waals surface area contributed by atoms with Gasteiger partial charge < -0.3 is 10.2 Å². The van der Waals surface area contributed by atoms with Crippen molar-refractivity contribution in [3.8, 4) is 0 Å². The average molecular weight is 385 g/mol. The lowest BCUT2D eigenvalue weighted by Crippen LogP contribution is -2.49. The predicted octanol–water partition coefficient (Wildman–Crippen LogP) is 3.15. The Hall–Kier alpha value is -2.09. The van der Waals surface area contributed by atoms with Crippen molar-refractivity contribution in [1.82, 2.24) is 9.80 Å². The van der Waals surface area contributed by atoms with Crippen molar-refractivity contribution < 1.29 is 22.8 Å². The van der Waals surface area contributed by atoms with Gasteiger partial charge in [-0.25, -0.2) is 13.2 Å². The highest BCUT2D eigenvalue weighted by Gasteiger charge is 2.28. The van der Waals surface area contributed by atoms with Crippen LogP contribution in [0, 0.1) is 17.5 Å². The van der Waals surface area contributed by atoms with Crippen LogP contribution in [-0.2, 0) is 9.59 Å². The molecule has 2 amide bonds. The SMILES string of the molecule is C[C@H](C(=O)N(C)C1CCCCC1)N(C)CC(=O)Nc1ccc(F)c(F)c1F. The topological polar surface area (TPSA) is 52.7 Å². The van der Waals surface area contributed by atoms with E-state index in [0.717, 1.165) is 37.8 Å². The summed E-state index contributed by atoms with van der Waals surface area (Å²) in [5.74, 6) is -5.13. The molecule has 0 aliphatic heterocycles. The fourth-order valence-electron chi connectivity index (χ4n) is 3.31. The van der Waals surface area contributed by atoms with Gasteiger partial charge in [-0.05, 0) is 38.9 Å². The zero-order valence-electron chi connectivity index (χ0n) is 15.9. The third-order valence-corrected chi connectivity index (χ3v) is 5.19. The minimum atomic E-state index is -1.64. The smallest absolute Gasteiger partial charge is 0.239 e. The van der Waals surface area contributed by atoms with Gasteiger partial charge in [0.15, 0.2) is 17.5 Å². The van der Waals surface area contributed by atoms with Crippen LogP contribution in [0.3, 0.4) is 0 Å². The normalized spacial score (nSPS) is 16.3. The maximum absolute atomic E-state index is 13.7. The first kappa shape index (κ1) is 21.2. The van der Waals surface area contributed by atoms with Gasteiger partial charge in [-0.3, -0.25) is 14.5 Å². The van der Waals surface area contributed by atoms with E-state index in [1.807, 2.05) is 0 Å². The van der Waals surface area contributed by atoms with Crippen LogP contribution >= 0.6 is 0 Å². The molecule has 1 atom stereocenters. The molecule has 0 heterocycles. The predicted molar refractivity (Wildman–Crippen MR) is 96.7 cm³/mol. The molecule has 1 aliphatic carbocycles. The number of carbonyl (C=O) groups excluding carboxylic acids is 2. The Morgan fingerprint density at radius 1 is 1.11 bits per heavy atom. The van der Waals surface area contributed by atoms with Gasteiger partial charge in [0.2, 0.25) is 11.8 Å². The maximum Gasteiger partial charge on any atom is 0.239 e. The van der Waals surface area contributed by atoms with Gasteiger partial charge in [0.05, 0.1) is 18.3 Å². The molecule has 0 bridgehead atoms. The Bertz CT molecular complexity index is 693. The van der Waals surface area contributed by atoms with Crippen molar-refractivity contribution >= 4 is 17.5 Å². The third kappa shape index (κ3) is 5.22.